The van der Waals surface area contributed by atoms with Gasteiger partial charge in [0.05, 0.1) is 0 Å². The van der Waals surface area contributed by atoms with Crippen molar-refractivity contribution in [1.29, 1.82) is 0 Å². The minimum atomic E-state index is -0.539. The molecule has 2 rings (SSSR count). The summed E-state index contributed by atoms with van der Waals surface area (Å²) in [7, 11) is 0. The summed E-state index contributed by atoms with van der Waals surface area (Å²) < 4.78 is 0. The number of piperazine rings is 1. The van der Waals surface area contributed by atoms with Gasteiger partial charge in [0.1, 0.15) is 17.8 Å². The molecule has 0 radical (unpaired) electrons. The molecule has 5 N–H and O–H groups in total. The van der Waals surface area contributed by atoms with Crippen molar-refractivity contribution in [2.45, 2.75) is 25.4 Å². The third-order valence-corrected chi connectivity index (χ3v) is 2.76. The largest absolute Gasteiger partial charge is 0.508 e. The zero-order chi connectivity index (χ0) is 12.4. The van der Waals surface area contributed by atoms with Crippen molar-refractivity contribution in [1.82, 2.24) is 10.6 Å². The first kappa shape index (κ1) is 14.0. The molecule has 0 bridgehead atoms. The van der Waals surface area contributed by atoms with Crippen molar-refractivity contribution in [3.8, 4) is 5.75 Å². The first-order valence-electron chi connectivity index (χ1n) is 5.45. The Morgan fingerprint density at radius 2 is 1.72 bits per heavy atom. The second-order valence-electron chi connectivity index (χ2n) is 4.16. The van der Waals surface area contributed by atoms with Gasteiger partial charge >= 0.3 is 0 Å². The maximum atomic E-state index is 11.6. The highest BCUT2D eigenvalue weighted by Gasteiger charge is 2.30. The molecule has 2 amide bonds. The van der Waals surface area contributed by atoms with Crippen LogP contribution in [0.25, 0.3) is 0 Å². The van der Waals surface area contributed by atoms with Gasteiger partial charge in [-0.05, 0) is 24.6 Å². The summed E-state index contributed by atoms with van der Waals surface area (Å²) >= 11 is 0. The number of rotatable bonds is 2. The highest BCUT2D eigenvalue weighted by atomic mass is 16.3. The third kappa shape index (κ3) is 2.98. The van der Waals surface area contributed by atoms with Crippen LogP contribution in [-0.4, -0.2) is 34.5 Å². The fraction of sp³-hybridized carbons (Fsp3) is 0.333. The molecule has 0 unspecified atom stereocenters. The second kappa shape index (κ2) is 5.50. The number of phenols is 1. The standard InChI is InChI=1S/C12H14N2O3.H2O/c1-7-11(16)14-10(12(17)13-7)6-8-2-4-9(15)5-3-8;/h2-5,7,10,15H,6H2,1H3,(H,13,17)(H,14,16);1H2/t7-,10-;/m0./s1. The Morgan fingerprint density at radius 3 is 2.33 bits per heavy atom. The van der Waals surface area contributed by atoms with Crippen LogP contribution in [0.1, 0.15) is 12.5 Å². The summed E-state index contributed by atoms with van der Waals surface area (Å²) in [5.41, 5.74) is 0.887. The van der Waals surface area contributed by atoms with E-state index in [0.29, 0.717) is 6.42 Å². The van der Waals surface area contributed by atoms with Gasteiger partial charge in [0.2, 0.25) is 11.8 Å². The minimum Gasteiger partial charge on any atom is -0.508 e. The second-order valence-corrected chi connectivity index (χ2v) is 4.16. The average Bonchev–Trinajstić information content (AvgIpc) is 2.29. The molecule has 1 heterocycles. The van der Waals surface area contributed by atoms with Gasteiger partial charge in [0.15, 0.2) is 0 Å². The van der Waals surface area contributed by atoms with Crippen LogP contribution in [0.3, 0.4) is 0 Å². The Hall–Kier alpha value is -2.08. The van der Waals surface area contributed by atoms with Crippen molar-refractivity contribution in [2.24, 2.45) is 0 Å². The third-order valence-electron chi connectivity index (χ3n) is 2.76. The van der Waals surface area contributed by atoms with Crippen LogP contribution in [0.4, 0.5) is 0 Å². The predicted molar refractivity (Wildman–Crippen MR) is 65.0 cm³/mol. The number of hydrogen-bond acceptors (Lipinski definition) is 3. The molecule has 1 aromatic rings. The van der Waals surface area contributed by atoms with E-state index >= 15 is 0 Å². The predicted octanol–water partition coefficient (Wildman–Crippen LogP) is -0.887. The highest BCUT2D eigenvalue weighted by molar-refractivity contribution is 5.96. The van der Waals surface area contributed by atoms with Crippen LogP contribution in [-0.2, 0) is 16.0 Å². The van der Waals surface area contributed by atoms with Crippen molar-refractivity contribution < 1.29 is 20.2 Å². The van der Waals surface area contributed by atoms with Gasteiger partial charge in [-0.15, -0.1) is 0 Å². The van der Waals surface area contributed by atoms with Crippen molar-refractivity contribution in [3.05, 3.63) is 29.8 Å². The Balaban J connectivity index is 0.00000162. The molecule has 0 saturated carbocycles. The molecule has 6 nitrogen and oxygen atoms in total. The molecule has 0 spiro atoms. The maximum absolute atomic E-state index is 11.6. The number of phenolic OH excluding ortho intramolecular Hbond substituents is 1. The first-order valence-corrected chi connectivity index (χ1v) is 5.45. The molecule has 1 aliphatic rings. The molecule has 2 atom stereocenters. The lowest BCUT2D eigenvalue weighted by Gasteiger charge is -2.27. The normalized spacial score (nSPS) is 22.7. The van der Waals surface area contributed by atoms with E-state index in [1.165, 1.54) is 0 Å². The Labute approximate surface area is 104 Å². The van der Waals surface area contributed by atoms with Crippen molar-refractivity contribution in [3.63, 3.8) is 0 Å². The van der Waals surface area contributed by atoms with Crippen LogP contribution in [0, 0.1) is 0 Å². The Morgan fingerprint density at radius 1 is 1.11 bits per heavy atom. The van der Waals surface area contributed by atoms with Gasteiger partial charge in [-0.1, -0.05) is 12.1 Å². The summed E-state index contributed by atoms with van der Waals surface area (Å²) in [6.45, 7) is 1.64. The van der Waals surface area contributed by atoms with Gasteiger partial charge in [-0.3, -0.25) is 9.59 Å². The molecule has 1 aromatic carbocycles. The van der Waals surface area contributed by atoms with E-state index in [-0.39, 0.29) is 23.0 Å². The fourth-order valence-corrected chi connectivity index (χ4v) is 1.75. The zero-order valence-corrected chi connectivity index (χ0v) is 9.93. The number of benzene rings is 1. The van der Waals surface area contributed by atoms with E-state index in [1.807, 2.05) is 0 Å². The summed E-state index contributed by atoms with van der Waals surface area (Å²) in [6, 6.07) is 5.56. The van der Waals surface area contributed by atoms with E-state index in [0.717, 1.165) is 5.56 Å². The maximum Gasteiger partial charge on any atom is 0.243 e. The van der Waals surface area contributed by atoms with Crippen LogP contribution >= 0.6 is 0 Å². The van der Waals surface area contributed by atoms with Crippen molar-refractivity contribution in [2.75, 3.05) is 0 Å². The van der Waals surface area contributed by atoms with E-state index in [2.05, 4.69) is 10.6 Å². The lowest BCUT2D eigenvalue weighted by molar-refractivity contribution is -0.136. The SMILES string of the molecule is C[C@@H]1NC(=O)[C@H](Cc2ccc(O)cc2)NC1=O.O. The molecule has 6 heteroatoms. The molecule has 1 aliphatic heterocycles. The number of aromatic hydroxyl groups is 1. The number of carbonyl (C=O) groups is 2. The molecule has 1 saturated heterocycles. The number of carbonyl (C=O) groups excluding carboxylic acids is 2. The summed E-state index contributed by atoms with van der Waals surface area (Å²) in [5.74, 6) is -0.168. The minimum absolute atomic E-state index is 0. The lowest BCUT2D eigenvalue weighted by Crippen LogP contribution is -2.61. The Kier molecular flexibility index (Phi) is 4.28. The van der Waals surface area contributed by atoms with E-state index in [1.54, 1.807) is 31.2 Å². The van der Waals surface area contributed by atoms with E-state index < -0.39 is 12.1 Å². The van der Waals surface area contributed by atoms with Gasteiger partial charge < -0.3 is 21.2 Å². The van der Waals surface area contributed by atoms with Gasteiger partial charge in [0.25, 0.3) is 0 Å². The van der Waals surface area contributed by atoms with Crippen molar-refractivity contribution >= 4 is 11.8 Å². The molecular weight excluding hydrogens is 236 g/mol. The van der Waals surface area contributed by atoms with Gasteiger partial charge in [-0.2, -0.15) is 0 Å². The van der Waals surface area contributed by atoms with Crippen LogP contribution in [0.2, 0.25) is 0 Å². The molecule has 0 aromatic heterocycles. The van der Waals surface area contributed by atoms with Crippen LogP contribution < -0.4 is 10.6 Å². The Bertz CT molecular complexity index is 444. The quantitative estimate of drug-likeness (QED) is 0.635. The van der Waals surface area contributed by atoms with E-state index in [4.69, 9.17) is 5.11 Å². The monoisotopic (exact) mass is 252 g/mol. The summed E-state index contributed by atoms with van der Waals surface area (Å²) in [5, 5.41) is 14.4. The van der Waals surface area contributed by atoms with E-state index in [9.17, 15) is 9.59 Å². The number of amides is 2. The zero-order valence-electron chi connectivity index (χ0n) is 9.93. The topological polar surface area (TPSA) is 110 Å². The lowest BCUT2D eigenvalue weighted by atomic mass is 10.0. The summed E-state index contributed by atoms with van der Waals surface area (Å²) in [4.78, 5) is 23.1. The summed E-state index contributed by atoms with van der Waals surface area (Å²) in [6.07, 6.45) is 0.421. The van der Waals surface area contributed by atoms with Gasteiger partial charge in [-0.25, -0.2) is 0 Å². The van der Waals surface area contributed by atoms with Crippen LogP contribution in [0.5, 0.6) is 5.75 Å². The highest BCUT2D eigenvalue weighted by Crippen LogP contribution is 2.12. The molecule has 0 aliphatic carbocycles. The number of nitrogens with one attached hydrogen (secondary N) is 2. The molecule has 98 valence electrons. The first-order chi connectivity index (χ1) is 8.06. The fourth-order valence-electron chi connectivity index (χ4n) is 1.75. The molecule has 18 heavy (non-hydrogen) atoms. The number of hydrogen-bond donors (Lipinski definition) is 3. The average molecular weight is 252 g/mol. The molecule has 1 fully saturated rings. The van der Waals surface area contributed by atoms with Gasteiger partial charge in [0, 0.05) is 6.42 Å². The molecular formula is C12H16N2O4. The smallest absolute Gasteiger partial charge is 0.243 e. The van der Waals surface area contributed by atoms with Crippen LogP contribution in [0.15, 0.2) is 24.3 Å².